The number of carbonyl (C=O) groups excluding carboxylic acids is 1. The molecule has 1 saturated heterocycles. The van der Waals surface area contributed by atoms with Crippen molar-refractivity contribution in [3.63, 3.8) is 0 Å². The van der Waals surface area contributed by atoms with Gasteiger partial charge in [0.1, 0.15) is 5.75 Å². The topological polar surface area (TPSA) is 55.6 Å². The van der Waals surface area contributed by atoms with E-state index >= 15 is 0 Å². The molecule has 0 aliphatic carbocycles. The lowest BCUT2D eigenvalue weighted by atomic mass is 9.98. The zero-order chi connectivity index (χ0) is 18.1. The molecule has 0 bridgehead atoms. The molecule has 1 atom stereocenters. The Bertz CT molecular complexity index is 940. The number of oxazole rings is 1. The first-order valence-corrected chi connectivity index (χ1v) is 8.69. The van der Waals surface area contributed by atoms with Gasteiger partial charge in [-0.2, -0.15) is 0 Å². The molecule has 1 aliphatic heterocycles. The summed E-state index contributed by atoms with van der Waals surface area (Å²) in [6.07, 6.45) is 3.74. The summed E-state index contributed by atoms with van der Waals surface area (Å²) in [7, 11) is 1.59. The van der Waals surface area contributed by atoms with Crippen LogP contribution >= 0.6 is 11.6 Å². The molecule has 2 aromatic carbocycles. The highest BCUT2D eigenvalue weighted by atomic mass is 35.5. The highest BCUT2D eigenvalue weighted by molar-refractivity contribution is 6.31. The minimum atomic E-state index is -0.219. The lowest BCUT2D eigenvalue weighted by Crippen LogP contribution is -2.26. The van der Waals surface area contributed by atoms with Crippen LogP contribution in [0.25, 0.3) is 11.3 Å². The number of aromatic nitrogens is 1. The van der Waals surface area contributed by atoms with Crippen molar-refractivity contribution in [2.24, 2.45) is 0 Å². The normalized spacial score (nSPS) is 16.9. The van der Waals surface area contributed by atoms with Crippen LogP contribution in [-0.4, -0.2) is 24.5 Å². The molecule has 0 spiro atoms. The lowest BCUT2D eigenvalue weighted by molar-refractivity contribution is -0.118. The number of halogens is 1. The minimum Gasteiger partial charge on any atom is -0.496 e. The van der Waals surface area contributed by atoms with Crippen molar-refractivity contribution in [2.45, 2.75) is 12.3 Å². The third kappa shape index (κ3) is 2.84. The Morgan fingerprint density at radius 2 is 2.12 bits per heavy atom. The predicted octanol–water partition coefficient (Wildman–Crippen LogP) is 4.52. The number of nitrogens with zero attached hydrogens (tertiary/aromatic N) is 2. The molecule has 6 heteroatoms. The van der Waals surface area contributed by atoms with Crippen LogP contribution < -0.4 is 9.64 Å². The fourth-order valence-corrected chi connectivity index (χ4v) is 3.65. The van der Waals surface area contributed by atoms with Gasteiger partial charge in [0.15, 0.2) is 12.2 Å². The highest BCUT2D eigenvalue weighted by Crippen LogP contribution is 2.38. The van der Waals surface area contributed by atoms with Crippen molar-refractivity contribution < 1.29 is 13.9 Å². The van der Waals surface area contributed by atoms with Crippen LogP contribution in [0.2, 0.25) is 5.02 Å². The summed E-state index contributed by atoms with van der Waals surface area (Å²) in [5.41, 5.74) is 2.47. The van der Waals surface area contributed by atoms with Gasteiger partial charge in [0.05, 0.1) is 24.8 Å². The van der Waals surface area contributed by atoms with Gasteiger partial charge in [-0.05, 0) is 30.2 Å². The summed E-state index contributed by atoms with van der Waals surface area (Å²) in [5, 5.41) is 0.631. The fourth-order valence-electron chi connectivity index (χ4n) is 3.38. The van der Waals surface area contributed by atoms with Gasteiger partial charge >= 0.3 is 0 Å². The molecule has 1 aromatic heterocycles. The van der Waals surface area contributed by atoms with Crippen LogP contribution in [0.15, 0.2) is 59.5 Å². The van der Waals surface area contributed by atoms with E-state index in [1.807, 2.05) is 42.5 Å². The SMILES string of the molecule is COc1cc(N2CC[C@@H](c3ccccc3Cl)C2=O)ccc1-c1cnco1. The van der Waals surface area contributed by atoms with Gasteiger partial charge in [0.25, 0.3) is 0 Å². The first-order valence-electron chi connectivity index (χ1n) is 8.31. The van der Waals surface area contributed by atoms with E-state index in [0.29, 0.717) is 23.1 Å². The second-order valence-corrected chi connectivity index (χ2v) is 6.51. The van der Waals surface area contributed by atoms with Gasteiger partial charge in [0.2, 0.25) is 5.91 Å². The maximum atomic E-state index is 13.0. The number of ether oxygens (including phenoxy) is 1. The maximum absolute atomic E-state index is 13.0. The number of hydrogen-bond acceptors (Lipinski definition) is 4. The van der Waals surface area contributed by atoms with E-state index in [-0.39, 0.29) is 11.8 Å². The van der Waals surface area contributed by atoms with Crippen molar-refractivity contribution in [3.05, 3.63) is 65.6 Å². The molecule has 3 aromatic rings. The highest BCUT2D eigenvalue weighted by Gasteiger charge is 2.35. The van der Waals surface area contributed by atoms with Crippen LogP contribution in [0, 0.1) is 0 Å². The molecule has 1 fully saturated rings. The average Bonchev–Trinajstić information content (AvgIpc) is 3.32. The molecule has 0 N–H and O–H groups in total. The van der Waals surface area contributed by atoms with E-state index in [1.165, 1.54) is 6.39 Å². The van der Waals surface area contributed by atoms with Crippen LogP contribution in [0.4, 0.5) is 5.69 Å². The van der Waals surface area contributed by atoms with Gasteiger partial charge in [-0.25, -0.2) is 4.98 Å². The van der Waals surface area contributed by atoms with Gasteiger partial charge in [-0.3, -0.25) is 4.79 Å². The van der Waals surface area contributed by atoms with Gasteiger partial charge in [-0.1, -0.05) is 29.8 Å². The van der Waals surface area contributed by atoms with Crippen LogP contribution in [0.1, 0.15) is 17.9 Å². The Balaban J connectivity index is 1.64. The Hall–Kier alpha value is -2.79. The largest absolute Gasteiger partial charge is 0.496 e. The molecule has 0 unspecified atom stereocenters. The second-order valence-electron chi connectivity index (χ2n) is 6.10. The molecule has 2 heterocycles. The third-order valence-electron chi connectivity index (χ3n) is 4.68. The fraction of sp³-hybridized carbons (Fsp3) is 0.200. The third-order valence-corrected chi connectivity index (χ3v) is 5.02. The zero-order valence-electron chi connectivity index (χ0n) is 14.2. The number of methoxy groups -OCH3 is 1. The molecule has 0 radical (unpaired) electrons. The number of benzene rings is 2. The smallest absolute Gasteiger partial charge is 0.234 e. The Kier molecular flexibility index (Phi) is 4.39. The number of amides is 1. The standard InChI is InChI=1S/C20H17ClN2O3/c1-25-18-10-13(6-7-16(18)19-11-22-12-26-19)23-9-8-15(20(23)24)14-4-2-3-5-17(14)21/h2-7,10-12,15H,8-9H2,1H3/t15-/m0/s1. The monoisotopic (exact) mass is 368 g/mol. The summed E-state index contributed by atoms with van der Waals surface area (Å²) < 4.78 is 10.8. The molecule has 1 aliphatic rings. The average molecular weight is 369 g/mol. The van der Waals surface area contributed by atoms with E-state index in [9.17, 15) is 4.79 Å². The molecular formula is C20H17ClN2O3. The summed E-state index contributed by atoms with van der Waals surface area (Å²) in [4.78, 5) is 18.7. The summed E-state index contributed by atoms with van der Waals surface area (Å²) in [5.74, 6) is 1.08. The van der Waals surface area contributed by atoms with Gasteiger partial charge < -0.3 is 14.1 Å². The summed E-state index contributed by atoms with van der Waals surface area (Å²) >= 11 is 6.28. The number of carbonyl (C=O) groups is 1. The van der Waals surface area contributed by atoms with Crippen LogP contribution in [-0.2, 0) is 4.79 Å². The van der Waals surface area contributed by atoms with E-state index in [1.54, 1.807) is 18.2 Å². The molecule has 0 saturated carbocycles. The lowest BCUT2D eigenvalue weighted by Gasteiger charge is -2.19. The van der Waals surface area contributed by atoms with Crippen molar-refractivity contribution >= 4 is 23.2 Å². The van der Waals surface area contributed by atoms with E-state index in [2.05, 4.69) is 4.98 Å². The number of anilines is 1. The molecule has 26 heavy (non-hydrogen) atoms. The van der Waals surface area contributed by atoms with Crippen molar-refractivity contribution in [3.8, 4) is 17.1 Å². The first-order chi connectivity index (χ1) is 12.7. The van der Waals surface area contributed by atoms with E-state index < -0.39 is 0 Å². The number of rotatable bonds is 4. The quantitative estimate of drug-likeness (QED) is 0.679. The molecular weight excluding hydrogens is 352 g/mol. The predicted molar refractivity (Wildman–Crippen MR) is 99.7 cm³/mol. The summed E-state index contributed by atoms with van der Waals surface area (Å²) in [6, 6.07) is 13.1. The number of hydrogen-bond donors (Lipinski definition) is 0. The zero-order valence-corrected chi connectivity index (χ0v) is 14.9. The van der Waals surface area contributed by atoms with Crippen molar-refractivity contribution in [1.29, 1.82) is 0 Å². The Labute approximate surface area is 156 Å². The van der Waals surface area contributed by atoms with E-state index in [4.69, 9.17) is 20.8 Å². The second kappa shape index (κ2) is 6.84. The molecule has 4 rings (SSSR count). The summed E-state index contributed by atoms with van der Waals surface area (Å²) in [6.45, 7) is 0.638. The van der Waals surface area contributed by atoms with Gasteiger partial charge in [0, 0.05) is 23.3 Å². The molecule has 132 valence electrons. The Morgan fingerprint density at radius 1 is 1.27 bits per heavy atom. The first kappa shape index (κ1) is 16.7. The molecule has 1 amide bonds. The van der Waals surface area contributed by atoms with Crippen molar-refractivity contribution in [1.82, 2.24) is 4.98 Å². The van der Waals surface area contributed by atoms with Gasteiger partial charge in [-0.15, -0.1) is 0 Å². The maximum Gasteiger partial charge on any atom is 0.234 e. The van der Waals surface area contributed by atoms with Crippen LogP contribution in [0.3, 0.4) is 0 Å². The Morgan fingerprint density at radius 3 is 2.85 bits per heavy atom. The van der Waals surface area contributed by atoms with E-state index in [0.717, 1.165) is 23.2 Å². The minimum absolute atomic E-state index is 0.0487. The van der Waals surface area contributed by atoms with Crippen molar-refractivity contribution in [2.75, 3.05) is 18.6 Å². The molecule has 5 nitrogen and oxygen atoms in total. The van der Waals surface area contributed by atoms with Crippen LogP contribution in [0.5, 0.6) is 5.75 Å².